The maximum atomic E-state index is 13.5. The smallest absolute Gasteiger partial charge is 0.200 e. The van der Waals surface area contributed by atoms with Crippen molar-refractivity contribution in [2.24, 2.45) is 0 Å². The number of alkyl halides is 4. The van der Waals surface area contributed by atoms with Crippen LogP contribution >= 0.6 is 22.2 Å². The summed E-state index contributed by atoms with van der Waals surface area (Å²) in [4.78, 5) is 0. The minimum Gasteiger partial charge on any atom is -0.200 e. The fourth-order valence-corrected chi connectivity index (χ4v) is 3.66. The van der Waals surface area contributed by atoms with Gasteiger partial charge < -0.3 is 0 Å². The predicted octanol–water partition coefficient (Wildman–Crippen LogP) is 5.93. The van der Waals surface area contributed by atoms with Gasteiger partial charge in [-0.05, 0) is 12.1 Å². The van der Waals surface area contributed by atoms with E-state index in [0.717, 1.165) is 0 Å². The van der Waals surface area contributed by atoms with E-state index in [1.165, 1.54) is 0 Å². The predicted molar refractivity (Wildman–Crippen MR) is 75.4 cm³/mol. The highest BCUT2D eigenvalue weighted by molar-refractivity contribution is 7.19. The summed E-state index contributed by atoms with van der Waals surface area (Å²) in [6, 6.07) is -0.0579. The first-order chi connectivity index (χ1) is 7.66. The summed E-state index contributed by atoms with van der Waals surface area (Å²) in [5.74, 6) is -7.99. The van der Waals surface area contributed by atoms with Gasteiger partial charge in [0.25, 0.3) is 0 Å². The Bertz CT molecular complexity index is 244. The van der Waals surface area contributed by atoms with Gasteiger partial charge in [0.15, 0.2) is 14.8 Å². The molecule has 0 aliphatic carbocycles. The molecule has 0 spiro atoms. The molecule has 0 nitrogen and oxygen atoms in total. The molecule has 0 bridgehead atoms. The Balaban J connectivity index is 4.55. The van der Waals surface area contributed by atoms with Crippen molar-refractivity contribution in [3.63, 3.8) is 0 Å². The molecule has 0 saturated heterocycles. The molecule has 0 aromatic heterocycles. The van der Waals surface area contributed by atoms with Gasteiger partial charge in [-0.3, -0.25) is 0 Å². The maximum Gasteiger partial charge on any atom is 0.310 e. The van der Waals surface area contributed by atoms with E-state index in [1.54, 1.807) is 26.2 Å². The highest BCUT2D eigenvalue weighted by Crippen LogP contribution is 2.43. The molecule has 0 aliphatic heterocycles. The summed E-state index contributed by atoms with van der Waals surface area (Å²) < 4.78 is 54.0. The number of rotatable bonds is 7. The third kappa shape index (κ3) is 7.35. The fraction of sp³-hybridized carbons (Fsp3) is 1.00. The Labute approximate surface area is 117 Å². The number of hydrogen-bond donors (Lipinski definition) is 0. The molecule has 0 aromatic rings. The molecule has 18 heavy (non-hydrogen) atoms. The van der Waals surface area contributed by atoms with Crippen LogP contribution in [0.15, 0.2) is 0 Å². The first-order valence-electron chi connectivity index (χ1n) is 5.80. The molecule has 0 saturated carbocycles. The van der Waals surface area contributed by atoms with Gasteiger partial charge in [-0.1, -0.05) is 26.2 Å². The van der Waals surface area contributed by atoms with Crippen molar-refractivity contribution in [2.75, 3.05) is 0 Å². The lowest BCUT2D eigenvalue weighted by molar-refractivity contribution is -0.210. The molecule has 0 N–H and O–H groups in total. The zero-order chi connectivity index (χ0) is 14.8. The van der Waals surface area contributed by atoms with Crippen LogP contribution in [0, 0.1) is 0 Å². The Hall–Kier alpha value is 0.734. The van der Waals surface area contributed by atoms with E-state index < -0.39 is 39.5 Å². The van der Waals surface area contributed by atoms with E-state index in [1.807, 2.05) is 0 Å². The molecule has 0 fully saturated rings. The lowest BCUT2D eigenvalue weighted by atomic mass is 10.1. The number of halogens is 6. The van der Waals surface area contributed by atoms with Crippen LogP contribution in [0.5, 0.6) is 0 Å². The standard InChI is InChI=1S/C10H20Cl2F4Si2/c1-17(2,11)7-5-9(13,14)10(15,16)6-8-18(3,4)12/h5-8H2,1-4H3. The number of hydrogen-bond acceptors (Lipinski definition) is 0. The molecule has 0 unspecified atom stereocenters. The third-order valence-corrected chi connectivity index (χ3v) is 6.61. The van der Waals surface area contributed by atoms with Crippen LogP contribution < -0.4 is 0 Å². The Morgan fingerprint density at radius 3 is 1.11 bits per heavy atom. The quantitative estimate of drug-likeness (QED) is 0.305. The minimum absolute atomic E-state index is 0.0289. The Kier molecular flexibility index (Phi) is 6.26. The summed E-state index contributed by atoms with van der Waals surface area (Å²) in [6.45, 7) is 6.66. The summed E-state index contributed by atoms with van der Waals surface area (Å²) in [5, 5.41) is 0. The first kappa shape index (κ1) is 18.7. The molecule has 8 heteroatoms. The molecule has 110 valence electrons. The van der Waals surface area contributed by atoms with Crippen LogP contribution in [0.1, 0.15) is 12.8 Å². The largest absolute Gasteiger partial charge is 0.310 e. The van der Waals surface area contributed by atoms with Gasteiger partial charge in [0.1, 0.15) is 0 Å². The van der Waals surface area contributed by atoms with E-state index in [0.29, 0.717) is 0 Å². The van der Waals surface area contributed by atoms with Crippen molar-refractivity contribution < 1.29 is 17.6 Å². The fourth-order valence-electron chi connectivity index (χ4n) is 1.27. The highest BCUT2D eigenvalue weighted by Gasteiger charge is 2.55. The van der Waals surface area contributed by atoms with Gasteiger partial charge in [0.05, 0.1) is 0 Å². The van der Waals surface area contributed by atoms with Crippen molar-refractivity contribution >= 4 is 36.9 Å². The SMILES string of the molecule is C[Si](C)(Cl)CCC(F)(F)C(F)(F)CC[Si](C)(C)Cl. The van der Waals surface area contributed by atoms with Gasteiger partial charge in [0.2, 0.25) is 0 Å². The molecule has 0 aromatic carbocycles. The Morgan fingerprint density at radius 2 is 0.944 bits per heavy atom. The van der Waals surface area contributed by atoms with E-state index >= 15 is 0 Å². The van der Waals surface area contributed by atoms with E-state index in [-0.39, 0.29) is 12.1 Å². The van der Waals surface area contributed by atoms with Crippen LogP contribution in [-0.4, -0.2) is 26.6 Å². The molecular weight excluding hydrogens is 323 g/mol. The highest BCUT2D eigenvalue weighted by atomic mass is 35.6. The van der Waals surface area contributed by atoms with Gasteiger partial charge in [-0.2, -0.15) is 39.7 Å². The maximum absolute atomic E-state index is 13.5. The average Bonchev–Trinajstić information content (AvgIpc) is 2.10. The molecule has 0 aliphatic rings. The third-order valence-electron chi connectivity index (χ3n) is 2.60. The van der Waals surface area contributed by atoms with Gasteiger partial charge in [-0.15, -0.1) is 0 Å². The second-order valence-electron chi connectivity index (χ2n) is 5.85. The van der Waals surface area contributed by atoms with Crippen LogP contribution in [0.2, 0.25) is 38.3 Å². The van der Waals surface area contributed by atoms with Crippen molar-refractivity contribution in [1.29, 1.82) is 0 Å². The molecule has 0 radical (unpaired) electrons. The van der Waals surface area contributed by atoms with Crippen molar-refractivity contribution in [1.82, 2.24) is 0 Å². The summed E-state index contributed by atoms with van der Waals surface area (Å²) in [6.07, 6.45) is -1.71. The van der Waals surface area contributed by atoms with Gasteiger partial charge in [0, 0.05) is 12.8 Å². The monoisotopic (exact) mass is 342 g/mol. The second-order valence-corrected chi connectivity index (χ2v) is 19.9. The minimum atomic E-state index is -4.00. The van der Waals surface area contributed by atoms with Crippen molar-refractivity contribution in [2.45, 2.75) is 63.0 Å². The normalized spacial score (nSPS) is 15.0. The van der Waals surface area contributed by atoms with Crippen LogP contribution in [-0.2, 0) is 0 Å². The summed E-state index contributed by atoms with van der Waals surface area (Å²) in [5.41, 5.74) is 0. The van der Waals surface area contributed by atoms with Crippen LogP contribution in [0.3, 0.4) is 0 Å². The zero-order valence-corrected chi connectivity index (χ0v) is 14.6. The lowest BCUT2D eigenvalue weighted by Crippen LogP contribution is -2.42. The Morgan fingerprint density at radius 1 is 0.722 bits per heavy atom. The first-order valence-corrected chi connectivity index (χ1v) is 14.2. The van der Waals surface area contributed by atoms with Gasteiger partial charge in [-0.25, -0.2) is 0 Å². The van der Waals surface area contributed by atoms with E-state index in [9.17, 15) is 17.6 Å². The van der Waals surface area contributed by atoms with Gasteiger partial charge >= 0.3 is 11.8 Å². The van der Waals surface area contributed by atoms with Crippen molar-refractivity contribution in [3.05, 3.63) is 0 Å². The molecular formula is C10H20Cl2F4Si2. The summed E-state index contributed by atoms with van der Waals surface area (Å²) >= 11 is 11.8. The van der Waals surface area contributed by atoms with Crippen LogP contribution in [0.4, 0.5) is 17.6 Å². The molecule has 0 rings (SSSR count). The lowest BCUT2D eigenvalue weighted by Gasteiger charge is -2.29. The van der Waals surface area contributed by atoms with E-state index in [2.05, 4.69) is 0 Å². The van der Waals surface area contributed by atoms with Crippen LogP contribution in [0.25, 0.3) is 0 Å². The zero-order valence-electron chi connectivity index (χ0n) is 11.1. The second kappa shape index (κ2) is 6.01. The molecule has 0 atom stereocenters. The average molecular weight is 343 g/mol. The van der Waals surface area contributed by atoms with Crippen molar-refractivity contribution in [3.8, 4) is 0 Å². The molecule has 0 heterocycles. The van der Waals surface area contributed by atoms with E-state index in [4.69, 9.17) is 22.2 Å². The topological polar surface area (TPSA) is 0 Å². The summed E-state index contributed by atoms with van der Waals surface area (Å²) in [7, 11) is -4.53. The molecule has 0 amide bonds.